The minimum atomic E-state index is -0.107. The minimum Gasteiger partial charge on any atom is -0.342 e. The van der Waals surface area contributed by atoms with Crippen LogP contribution in [-0.4, -0.2) is 46.7 Å². The molecule has 27 heavy (non-hydrogen) atoms. The van der Waals surface area contributed by atoms with Gasteiger partial charge in [0.05, 0.1) is 23.2 Å². The Kier molecular flexibility index (Phi) is 6.61. The van der Waals surface area contributed by atoms with Crippen LogP contribution in [0, 0.1) is 12.8 Å². The summed E-state index contributed by atoms with van der Waals surface area (Å²) in [6.45, 7) is 3.75. The SMILES string of the molecule is Cc1nc(CN(C)C(=O)[C@@H]2CCC(=O)N(CCCc3ccccc3)C2)cs1. The Balaban J connectivity index is 1.50. The van der Waals surface area contributed by atoms with Crippen molar-refractivity contribution in [2.75, 3.05) is 20.1 Å². The molecule has 0 aliphatic carbocycles. The Morgan fingerprint density at radius 1 is 1.33 bits per heavy atom. The molecule has 2 heterocycles. The molecule has 1 aliphatic heterocycles. The zero-order chi connectivity index (χ0) is 19.2. The van der Waals surface area contributed by atoms with Gasteiger partial charge in [-0.1, -0.05) is 30.3 Å². The summed E-state index contributed by atoms with van der Waals surface area (Å²) >= 11 is 1.60. The van der Waals surface area contributed by atoms with Crippen LogP contribution in [0.1, 0.15) is 35.5 Å². The van der Waals surface area contributed by atoms with Crippen LogP contribution in [0.4, 0.5) is 0 Å². The molecule has 0 bridgehead atoms. The first-order valence-electron chi connectivity index (χ1n) is 9.50. The van der Waals surface area contributed by atoms with E-state index < -0.39 is 0 Å². The number of hydrogen-bond donors (Lipinski definition) is 0. The molecule has 1 atom stereocenters. The number of carbonyl (C=O) groups is 2. The van der Waals surface area contributed by atoms with Crippen LogP contribution in [0.3, 0.4) is 0 Å². The van der Waals surface area contributed by atoms with Crippen LogP contribution in [0.2, 0.25) is 0 Å². The van der Waals surface area contributed by atoms with E-state index in [2.05, 4.69) is 17.1 Å². The second-order valence-electron chi connectivity index (χ2n) is 7.22. The zero-order valence-corrected chi connectivity index (χ0v) is 16.9. The van der Waals surface area contributed by atoms with Gasteiger partial charge >= 0.3 is 0 Å². The Hall–Kier alpha value is -2.21. The number of carbonyl (C=O) groups excluding carboxylic acids is 2. The van der Waals surface area contributed by atoms with Crippen LogP contribution >= 0.6 is 11.3 Å². The van der Waals surface area contributed by atoms with E-state index in [9.17, 15) is 9.59 Å². The Labute approximate surface area is 165 Å². The molecule has 0 radical (unpaired) electrons. The van der Waals surface area contributed by atoms with Crippen molar-refractivity contribution in [3.63, 3.8) is 0 Å². The molecule has 0 spiro atoms. The number of piperidine rings is 1. The first-order chi connectivity index (χ1) is 13.0. The molecule has 3 rings (SSSR count). The summed E-state index contributed by atoms with van der Waals surface area (Å²) in [6.07, 6.45) is 2.98. The first-order valence-corrected chi connectivity index (χ1v) is 10.4. The Bertz CT molecular complexity index is 775. The monoisotopic (exact) mass is 385 g/mol. The standard InChI is InChI=1S/C21H27N3O2S/c1-16-22-19(15-27-16)14-23(2)21(26)18-10-11-20(25)24(13-18)12-6-9-17-7-4-3-5-8-17/h3-5,7-8,15,18H,6,9-14H2,1-2H3/t18-/m1/s1. The van der Waals surface area contributed by atoms with Crippen LogP contribution in [0.15, 0.2) is 35.7 Å². The van der Waals surface area contributed by atoms with E-state index in [1.807, 2.05) is 42.5 Å². The molecule has 1 fully saturated rings. The summed E-state index contributed by atoms with van der Waals surface area (Å²) in [6, 6.07) is 10.3. The quantitative estimate of drug-likeness (QED) is 0.735. The van der Waals surface area contributed by atoms with Crippen LogP contribution in [-0.2, 0) is 22.6 Å². The molecule has 6 heteroatoms. The lowest BCUT2D eigenvalue weighted by atomic mass is 9.95. The lowest BCUT2D eigenvalue weighted by Crippen LogP contribution is -2.46. The van der Waals surface area contributed by atoms with Crippen molar-refractivity contribution < 1.29 is 9.59 Å². The third-order valence-electron chi connectivity index (χ3n) is 5.03. The largest absolute Gasteiger partial charge is 0.342 e. The van der Waals surface area contributed by atoms with Gasteiger partial charge in [0.25, 0.3) is 0 Å². The summed E-state index contributed by atoms with van der Waals surface area (Å²) in [5, 5.41) is 3.01. The summed E-state index contributed by atoms with van der Waals surface area (Å²) in [7, 11) is 1.83. The number of hydrogen-bond acceptors (Lipinski definition) is 4. The second kappa shape index (κ2) is 9.13. The highest BCUT2D eigenvalue weighted by atomic mass is 32.1. The number of aryl methyl sites for hydroxylation is 2. The van der Waals surface area contributed by atoms with Gasteiger partial charge < -0.3 is 9.80 Å². The van der Waals surface area contributed by atoms with Gasteiger partial charge in [-0.15, -0.1) is 11.3 Å². The number of thiazole rings is 1. The molecule has 1 aromatic heterocycles. The average molecular weight is 386 g/mol. The molecule has 0 N–H and O–H groups in total. The molecule has 1 aliphatic rings. The minimum absolute atomic E-state index is 0.107. The van der Waals surface area contributed by atoms with Crippen molar-refractivity contribution in [2.24, 2.45) is 5.92 Å². The summed E-state index contributed by atoms with van der Waals surface area (Å²) in [5.41, 5.74) is 2.22. The number of benzene rings is 1. The highest BCUT2D eigenvalue weighted by Crippen LogP contribution is 2.21. The number of rotatable bonds is 7. The molecule has 1 saturated heterocycles. The van der Waals surface area contributed by atoms with E-state index in [4.69, 9.17) is 0 Å². The van der Waals surface area contributed by atoms with Crippen molar-refractivity contribution >= 4 is 23.2 Å². The van der Waals surface area contributed by atoms with Gasteiger partial charge in [0.2, 0.25) is 11.8 Å². The second-order valence-corrected chi connectivity index (χ2v) is 8.28. The normalized spacial score (nSPS) is 17.2. The van der Waals surface area contributed by atoms with Crippen molar-refractivity contribution in [3.05, 3.63) is 52.0 Å². The van der Waals surface area contributed by atoms with Gasteiger partial charge in [0.1, 0.15) is 0 Å². The van der Waals surface area contributed by atoms with Crippen LogP contribution in [0.5, 0.6) is 0 Å². The highest BCUT2D eigenvalue weighted by molar-refractivity contribution is 7.09. The van der Waals surface area contributed by atoms with Crippen molar-refractivity contribution in [3.8, 4) is 0 Å². The van der Waals surface area contributed by atoms with Gasteiger partial charge in [-0.2, -0.15) is 0 Å². The summed E-state index contributed by atoms with van der Waals surface area (Å²) in [5.74, 6) is 0.176. The van der Waals surface area contributed by atoms with Gasteiger partial charge in [-0.05, 0) is 31.7 Å². The van der Waals surface area contributed by atoms with Crippen molar-refractivity contribution in [2.45, 2.75) is 39.2 Å². The third-order valence-corrected chi connectivity index (χ3v) is 5.85. The van der Waals surface area contributed by atoms with Gasteiger partial charge in [0.15, 0.2) is 0 Å². The van der Waals surface area contributed by atoms with Gasteiger partial charge in [-0.25, -0.2) is 4.98 Å². The smallest absolute Gasteiger partial charge is 0.227 e. The summed E-state index contributed by atoms with van der Waals surface area (Å²) in [4.78, 5) is 33.1. The molecule has 144 valence electrons. The maximum atomic E-state index is 12.8. The molecular weight excluding hydrogens is 358 g/mol. The Morgan fingerprint density at radius 3 is 2.81 bits per heavy atom. The van der Waals surface area contributed by atoms with Crippen LogP contribution < -0.4 is 0 Å². The number of nitrogens with zero attached hydrogens (tertiary/aromatic N) is 3. The van der Waals surface area contributed by atoms with Crippen molar-refractivity contribution in [1.29, 1.82) is 0 Å². The molecule has 0 unspecified atom stereocenters. The van der Waals surface area contributed by atoms with Gasteiger partial charge in [-0.3, -0.25) is 9.59 Å². The third kappa shape index (κ3) is 5.39. The van der Waals surface area contributed by atoms with E-state index in [0.29, 0.717) is 32.5 Å². The van der Waals surface area contributed by atoms with E-state index in [-0.39, 0.29) is 17.7 Å². The predicted octanol–water partition coefficient (Wildman–Crippen LogP) is 3.28. The summed E-state index contributed by atoms with van der Waals surface area (Å²) < 4.78 is 0. The molecular formula is C21H27N3O2S. The van der Waals surface area contributed by atoms with Gasteiger partial charge in [0, 0.05) is 31.9 Å². The number of aromatic nitrogens is 1. The highest BCUT2D eigenvalue weighted by Gasteiger charge is 2.31. The fraction of sp³-hybridized carbons (Fsp3) is 0.476. The molecule has 2 aromatic rings. The van der Waals surface area contributed by atoms with E-state index in [0.717, 1.165) is 23.5 Å². The van der Waals surface area contributed by atoms with E-state index >= 15 is 0 Å². The fourth-order valence-corrected chi connectivity index (χ4v) is 4.17. The van der Waals surface area contributed by atoms with Crippen LogP contribution in [0.25, 0.3) is 0 Å². The topological polar surface area (TPSA) is 53.5 Å². The van der Waals surface area contributed by atoms with Crippen molar-refractivity contribution in [1.82, 2.24) is 14.8 Å². The molecule has 0 saturated carbocycles. The molecule has 5 nitrogen and oxygen atoms in total. The molecule has 2 amide bonds. The lowest BCUT2D eigenvalue weighted by Gasteiger charge is -2.33. The zero-order valence-electron chi connectivity index (χ0n) is 16.1. The number of likely N-dealkylation sites (tertiary alicyclic amines) is 1. The number of amides is 2. The predicted molar refractivity (Wildman–Crippen MR) is 107 cm³/mol. The fourth-order valence-electron chi connectivity index (χ4n) is 3.56. The lowest BCUT2D eigenvalue weighted by molar-refractivity contribution is -0.142. The van der Waals surface area contributed by atoms with E-state index in [1.54, 1.807) is 16.2 Å². The Morgan fingerprint density at radius 2 is 2.11 bits per heavy atom. The maximum Gasteiger partial charge on any atom is 0.227 e. The molecule has 1 aromatic carbocycles. The first kappa shape index (κ1) is 19.5. The average Bonchev–Trinajstić information content (AvgIpc) is 3.08. The van der Waals surface area contributed by atoms with E-state index in [1.165, 1.54) is 5.56 Å². The maximum absolute atomic E-state index is 12.8.